The molecule has 3 nitrogen and oxygen atoms in total. The van der Waals surface area contributed by atoms with Crippen LogP contribution >= 0.6 is 11.3 Å². The van der Waals surface area contributed by atoms with Crippen LogP contribution < -0.4 is 5.32 Å². The summed E-state index contributed by atoms with van der Waals surface area (Å²) in [5, 5.41) is 2.69. The molecule has 3 aromatic rings. The largest absolute Gasteiger partial charge is 0.435 e. The minimum atomic E-state index is -4.69. The van der Waals surface area contributed by atoms with Crippen molar-refractivity contribution in [3.63, 3.8) is 0 Å². The summed E-state index contributed by atoms with van der Waals surface area (Å²) in [6.07, 6.45) is -4.69. The van der Waals surface area contributed by atoms with Crippen LogP contribution in [0.1, 0.15) is 20.9 Å². The van der Waals surface area contributed by atoms with Crippen molar-refractivity contribution in [2.24, 2.45) is 0 Å². The number of nitrogens with zero attached hydrogens (tertiary/aromatic N) is 1. The van der Waals surface area contributed by atoms with Gasteiger partial charge in [-0.15, -0.1) is 11.3 Å². The molecular formula is C18H13F3N2OS. The highest BCUT2D eigenvalue weighted by Crippen LogP contribution is 2.37. The molecule has 0 aliphatic heterocycles. The third-order valence-corrected chi connectivity index (χ3v) is 4.52. The highest BCUT2D eigenvalue weighted by Gasteiger charge is 2.39. The van der Waals surface area contributed by atoms with Crippen LogP contribution in [0.3, 0.4) is 0 Å². The fraction of sp³-hybridized carbons (Fsp3) is 0.111. The molecule has 128 valence electrons. The molecule has 0 bridgehead atoms. The lowest BCUT2D eigenvalue weighted by molar-refractivity contribution is -0.141. The molecule has 25 heavy (non-hydrogen) atoms. The molecule has 0 fully saturated rings. The number of thiazole rings is 1. The zero-order valence-electron chi connectivity index (χ0n) is 12.9. The van der Waals surface area contributed by atoms with Crippen LogP contribution in [0.25, 0.3) is 10.6 Å². The molecule has 0 unspecified atom stereocenters. The first-order valence-electron chi connectivity index (χ1n) is 7.41. The third-order valence-electron chi connectivity index (χ3n) is 3.42. The first kappa shape index (κ1) is 17.2. The van der Waals surface area contributed by atoms with Crippen LogP contribution in [0.5, 0.6) is 0 Å². The summed E-state index contributed by atoms with van der Waals surface area (Å²) < 4.78 is 39.8. The lowest BCUT2D eigenvalue weighted by Gasteiger charge is -2.07. The first-order chi connectivity index (χ1) is 11.9. The number of rotatable bonds is 4. The monoisotopic (exact) mass is 362 g/mol. The predicted molar refractivity (Wildman–Crippen MR) is 90.2 cm³/mol. The standard InChI is InChI=1S/C18H13F3N2OS/c19-18(20,21)15-14(16(24)22-11-12-7-3-1-4-8-12)25-17(23-15)13-9-5-2-6-10-13/h1-10H,11H2,(H,22,24). The second kappa shape index (κ2) is 7.06. The van der Waals surface area contributed by atoms with Gasteiger partial charge in [-0.05, 0) is 5.56 Å². The van der Waals surface area contributed by atoms with Crippen LogP contribution in [0.4, 0.5) is 13.2 Å². The number of aromatic nitrogens is 1. The Morgan fingerprint density at radius 1 is 1.00 bits per heavy atom. The normalized spacial score (nSPS) is 11.3. The summed E-state index contributed by atoms with van der Waals surface area (Å²) in [4.78, 5) is 15.5. The Hall–Kier alpha value is -2.67. The van der Waals surface area contributed by atoms with E-state index in [1.807, 2.05) is 6.07 Å². The number of hydrogen-bond donors (Lipinski definition) is 1. The maximum Gasteiger partial charge on any atom is 0.435 e. The Kier molecular flexibility index (Phi) is 4.85. The van der Waals surface area contributed by atoms with E-state index in [0.717, 1.165) is 16.9 Å². The Labute approximate surface area is 146 Å². The van der Waals surface area contributed by atoms with Gasteiger partial charge in [0.15, 0.2) is 5.69 Å². The Bertz CT molecular complexity index is 861. The van der Waals surface area contributed by atoms with Crippen LogP contribution in [0.2, 0.25) is 0 Å². The average molecular weight is 362 g/mol. The van der Waals surface area contributed by atoms with Gasteiger partial charge in [0, 0.05) is 12.1 Å². The number of carbonyl (C=O) groups is 1. The van der Waals surface area contributed by atoms with Gasteiger partial charge in [0.05, 0.1) is 0 Å². The van der Waals surface area contributed by atoms with Crippen molar-refractivity contribution < 1.29 is 18.0 Å². The van der Waals surface area contributed by atoms with Crippen molar-refractivity contribution in [3.8, 4) is 10.6 Å². The second-order valence-corrected chi connectivity index (χ2v) is 6.23. The molecule has 1 aromatic heterocycles. The fourth-order valence-electron chi connectivity index (χ4n) is 2.23. The van der Waals surface area contributed by atoms with E-state index < -0.39 is 22.7 Å². The van der Waals surface area contributed by atoms with Crippen molar-refractivity contribution in [1.29, 1.82) is 0 Å². The van der Waals surface area contributed by atoms with Crippen LogP contribution in [0, 0.1) is 0 Å². The second-order valence-electron chi connectivity index (χ2n) is 5.23. The van der Waals surface area contributed by atoms with Crippen molar-refractivity contribution >= 4 is 17.2 Å². The summed E-state index contributed by atoms with van der Waals surface area (Å²) >= 11 is 0.740. The minimum absolute atomic E-state index is 0.148. The number of benzene rings is 2. The number of alkyl halides is 3. The Balaban J connectivity index is 1.88. The molecule has 0 spiro atoms. The van der Waals surface area contributed by atoms with E-state index in [1.165, 1.54) is 0 Å². The zero-order valence-corrected chi connectivity index (χ0v) is 13.7. The zero-order chi connectivity index (χ0) is 17.9. The lowest BCUT2D eigenvalue weighted by Crippen LogP contribution is -2.24. The number of nitrogens with one attached hydrogen (secondary N) is 1. The highest BCUT2D eigenvalue weighted by molar-refractivity contribution is 7.17. The molecule has 0 aliphatic rings. The molecule has 1 N–H and O–H groups in total. The van der Waals surface area contributed by atoms with Crippen molar-refractivity contribution in [2.45, 2.75) is 12.7 Å². The molecular weight excluding hydrogens is 349 g/mol. The van der Waals surface area contributed by atoms with Gasteiger partial charge in [0.1, 0.15) is 9.88 Å². The van der Waals surface area contributed by atoms with E-state index in [9.17, 15) is 18.0 Å². The maximum atomic E-state index is 13.3. The minimum Gasteiger partial charge on any atom is -0.347 e. The van der Waals surface area contributed by atoms with E-state index in [2.05, 4.69) is 10.3 Å². The molecule has 2 aromatic carbocycles. The summed E-state index contributed by atoms with van der Waals surface area (Å²) in [6.45, 7) is 0.148. The van der Waals surface area contributed by atoms with Crippen LogP contribution in [-0.4, -0.2) is 10.9 Å². The highest BCUT2D eigenvalue weighted by atomic mass is 32.1. The lowest BCUT2D eigenvalue weighted by atomic mass is 10.2. The van der Waals surface area contributed by atoms with Gasteiger partial charge in [-0.3, -0.25) is 4.79 Å². The van der Waals surface area contributed by atoms with E-state index in [-0.39, 0.29) is 11.6 Å². The van der Waals surface area contributed by atoms with Gasteiger partial charge in [0.2, 0.25) is 0 Å². The number of carbonyl (C=O) groups excluding carboxylic acids is 1. The molecule has 0 aliphatic carbocycles. The van der Waals surface area contributed by atoms with Crippen LogP contribution in [0.15, 0.2) is 60.7 Å². The van der Waals surface area contributed by atoms with E-state index in [1.54, 1.807) is 54.6 Å². The van der Waals surface area contributed by atoms with Crippen molar-refractivity contribution in [3.05, 3.63) is 76.8 Å². The first-order valence-corrected chi connectivity index (χ1v) is 8.22. The fourth-order valence-corrected chi connectivity index (χ4v) is 3.24. The van der Waals surface area contributed by atoms with Crippen LogP contribution in [-0.2, 0) is 12.7 Å². The summed E-state index contributed by atoms with van der Waals surface area (Å²) in [7, 11) is 0. The summed E-state index contributed by atoms with van der Waals surface area (Å²) in [5.74, 6) is -0.782. The molecule has 0 radical (unpaired) electrons. The summed E-state index contributed by atoms with van der Waals surface area (Å²) in [5.41, 5.74) is 0.194. The molecule has 0 saturated heterocycles. The van der Waals surface area contributed by atoms with Gasteiger partial charge in [-0.25, -0.2) is 4.98 Å². The van der Waals surface area contributed by atoms with Crippen molar-refractivity contribution in [2.75, 3.05) is 0 Å². The van der Waals surface area contributed by atoms with Gasteiger partial charge in [0.25, 0.3) is 5.91 Å². The Morgan fingerprint density at radius 3 is 2.20 bits per heavy atom. The number of hydrogen-bond acceptors (Lipinski definition) is 3. The van der Waals surface area contributed by atoms with E-state index >= 15 is 0 Å². The topological polar surface area (TPSA) is 42.0 Å². The SMILES string of the molecule is O=C(NCc1ccccc1)c1sc(-c2ccccc2)nc1C(F)(F)F. The molecule has 0 atom stereocenters. The van der Waals surface area contributed by atoms with Gasteiger partial charge in [-0.1, -0.05) is 60.7 Å². The maximum absolute atomic E-state index is 13.3. The van der Waals surface area contributed by atoms with E-state index in [4.69, 9.17) is 0 Å². The molecule has 7 heteroatoms. The molecule has 1 heterocycles. The molecule has 0 saturated carbocycles. The van der Waals surface area contributed by atoms with Gasteiger partial charge >= 0.3 is 6.18 Å². The number of amides is 1. The molecule has 3 rings (SSSR count). The Morgan fingerprint density at radius 2 is 1.60 bits per heavy atom. The smallest absolute Gasteiger partial charge is 0.347 e. The summed E-state index contributed by atoms with van der Waals surface area (Å²) in [6, 6.07) is 17.5. The van der Waals surface area contributed by atoms with E-state index in [0.29, 0.717) is 5.56 Å². The average Bonchev–Trinajstić information content (AvgIpc) is 3.07. The van der Waals surface area contributed by atoms with Gasteiger partial charge in [-0.2, -0.15) is 13.2 Å². The number of halogens is 3. The van der Waals surface area contributed by atoms with Crippen molar-refractivity contribution in [1.82, 2.24) is 10.3 Å². The quantitative estimate of drug-likeness (QED) is 0.727. The third kappa shape index (κ3) is 4.06. The predicted octanol–water partition coefficient (Wildman–Crippen LogP) is 4.76. The molecule has 1 amide bonds. The van der Waals surface area contributed by atoms with Gasteiger partial charge < -0.3 is 5.32 Å².